The summed E-state index contributed by atoms with van der Waals surface area (Å²) in [6.45, 7) is 5.91. The summed E-state index contributed by atoms with van der Waals surface area (Å²) in [6, 6.07) is 0. The number of imidazole rings is 1. The highest BCUT2D eigenvalue weighted by atomic mass is 16.5. The average Bonchev–Trinajstić information content (AvgIpc) is 3.05. The predicted molar refractivity (Wildman–Crippen MR) is 88.8 cm³/mol. The van der Waals surface area contributed by atoms with Gasteiger partial charge in [0, 0.05) is 39.6 Å². The van der Waals surface area contributed by atoms with Crippen LogP contribution in [0.1, 0.15) is 54.2 Å². The summed E-state index contributed by atoms with van der Waals surface area (Å²) in [6.07, 6.45) is 2.19. The number of Topliss-reactive ketones (excluding diaryl/α,β-unsaturated/α-hetero) is 1. The molecule has 0 unspecified atom stereocenters. The molecular weight excluding hydrogens is 312 g/mol. The van der Waals surface area contributed by atoms with E-state index in [-0.39, 0.29) is 42.0 Å². The number of ketones is 1. The molecule has 24 heavy (non-hydrogen) atoms. The van der Waals surface area contributed by atoms with Gasteiger partial charge < -0.3 is 20.4 Å². The number of aromatic amines is 1. The molecule has 1 rings (SSSR count). The number of amides is 2. The lowest BCUT2D eigenvalue weighted by Crippen LogP contribution is -2.26. The lowest BCUT2D eigenvalue weighted by Gasteiger charge is -2.07. The molecule has 0 aliphatic rings. The Hall–Kier alpha value is -2.22. The summed E-state index contributed by atoms with van der Waals surface area (Å²) in [5, 5.41) is 5.16. The van der Waals surface area contributed by atoms with Gasteiger partial charge in [0.2, 0.25) is 5.91 Å². The minimum atomic E-state index is -0.371. The smallest absolute Gasteiger partial charge is 0.287 e. The van der Waals surface area contributed by atoms with Crippen LogP contribution in [0.3, 0.4) is 0 Å². The highest BCUT2D eigenvalue weighted by Gasteiger charge is 2.15. The Labute approximate surface area is 141 Å². The van der Waals surface area contributed by atoms with E-state index in [9.17, 15) is 14.4 Å². The zero-order valence-corrected chi connectivity index (χ0v) is 14.5. The molecule has 0 aromatic carbocycles. The van der Waals surface area contributed by atoms with Crippen LogP contribution in [-0.2, 0) is 9.53 Å². The van der Waals surface area contributed by atoms with Crippen LogP contribution in [0.5, 0.6) is 0 Å². The van der Waals surface area contributed by atoms with Crippen LogP contribution in [0.4, 0.5) is 0 Å². The predicted octanol–water partition coefficient (Wildman–Crippen LogP) is 0.911. The third-order valence-corrected chi connectivity index (χ3v) is 3.15. The van der Waals surface area contributed by atoms with Crippen LogP contribution >= 0.6 is 0 Å². The third kappa shape index (κ3) is 7.36. The van der Waals surface area contributed by atoms with Crippen molar-refractivity contribution in [2.24, 2.45) is 5.92 Å². The van der Waals surface area contributed by atoms with Gasteiger partial charge in [-0.2, -0.15) is 0 Å². The molecule has 1 heterocycles. The van der Waals surface area contributed by atoms with Gasteiger partial charge in [-0.25, -0.2) is 4.98 Å². The van der Waals surface area contributed by atoms with E-state index >= 15 is 0 Å². The molecule has 8 nitrogen and oxygen atoms in total. The molecule has 0 aliphatic carbocycles. The summed E-state index contributed by atoms with van der Waals surface area (Å²) >= 11 is 0. The van der Waals surface area contributed by atoms with Gasteiger partial charge in [-0.1, -0.05) is 13.8 Å². The first-order chi connectivity index (χ1) is 11.4. The summed E-state index contributed by atoms with van der Waals surface area (Å²) in [7, 11) is 1.51. The van der Waals surface area contributed by atoms with Gasteiger partial charge in [-0.3, -0.25) is 14.4 Å². The quantitative estimate of drug-likeness (QED) is 0.410. The number of rotatable bonds is 11. The van der Waals surface area contributed by atoms with Crippen LogP contribution in [0.15, 0.2) is 6.20 Å². The number of hydrogen-bond acceptors (Lipinski definition) is 5. The van der Waals surface area contributed by atoms with E-state index in [4.69, 9.17) is 4.74 Å². The first-order valence-electron chi connectivity index (χ1n) is 8.08. The molecule has 0 radical (unpaired) electrons. The van der Waals surface area contributed by atoms with Crippen molar-refractivity contribution in [1.82, 2.24) is 20.6 Å². The lowest BCUT2D eigenvalue weighted by atomic mass is 10.2. The minimum Gasteiger partial charge on any atom is -0.381 e. The minimum absolute atomic E-state index is 0.0656. The fourth-order valence-corrected chi connectivity index (χ4v) is 1.84. The zero-order chi connectivity index (χ0) is 17.9. The first-order valence-corrected chi connectivity index (χ1v) is 8.08. The zero-order valence-electron chi connectivity index (χ0n) is 14.5. The van der Waals surface area contributed by atoms with Gasteiger partial charge in [0.15, 0.2) is 11.6 Å². The molecular formula is C16H26N4O4. The van der Waals surface area contributed by atoms with E-state index in [2.05, 4.69) is 34.4 Å². The summed E-state index contributed by atoms with van der Waals surface area (Å²) < 4.78 is 5.42. The maximum Gasteiger partial charge on any atom is 0.287 e. The number of H-pyrrole nitrogens is 1. The van der Waals surface area contributed by atoms with Gasteiger partial charge in [-0.05, 0) is 12.3 Å². The van der Waals surface area contributed by atoms with E-state index in [0.29, 0.717) is 32.1 Å². The highest BCUT2D eigenvalue weighted by Crippen LogP contribution is 2.04. The molecule has 1 aromatic heterocycles. The second-order valence-electron chi connectivity index (χ2n) is 5.82. The van der Waals surface area contributed by atoms with Crippen molar-refractivity contribution in [3.63, 3.8) is 0 Å². The second kappa shape index (κ2) is 10.5. The van der Waals surface area contributed by atoms with E-state index < -0.39 is 0 Å². The molecule has 0 atom stereocenters. The highest BCUT2D eigenvalue weighted by molar-refractivity contribution is 5.98. The second-order valence-corrected chi connectivity index (χ2v) is 5.82. The molecule has 0 fully saturated rings. The van der Waals surface area contributed by atoms with E-state index in [1.54, 1.807) is 0 Å². The van der Waals surface area contributed by atoms with Crippen molar-refractivity contribution in [2.75, 3.05) is 26.8 Å². The summed E-state index contributed by atoms with van der Waals surface area (Å²) in [5.41, 5.74) is 0.226. The maximum atomic E-state index is 11.9. The molecule has 0 saturated heterocycles. The summed E-state index contributed by atoms with van der Waals surface area (Å²) in [5.74, 6) is -0.263. The molecule has 1 aromatic rings. The van der Waals surface area contributed by atoms with Crippen molar-refractivity contribution in [3.05, 3.63) is 17.7 Å². The van der Waals surface area contributed by atoms with Gasteiger partial charge in [0.25, 0.3) is 5.91 Å². The van der Waals surface area contributed by atoms with Crippen LogP contribution < -0.4 is 10.6 Å². The van der Waals surface area contributed by atoms with Gasteiger partial charge in [0.05, 0.1) is 6.20 Å². The van der Waals surface area contributed by atoms with Crippen molar-refractivity contribution >= 4 is 17.6 Å². The number of hydrogen-bond donors (Lipinski definition) is 3. The van der Waals surface area contributed by atoms with Gasteiger partial charge in [-0.15, -0.1) is 0 Å². The Morgan fingerprint density at radius 3 is 2.71 bits per heavy atom. The normalized spacial score (nSPS) is 10.7. The van der Waals surface area contributed by atoms with Crippen LogP contribution in [0, 0.1) is 5.92 Å². The van der Waals surface area contributed by atoms with E-state index in [1.807, 2.05) is 0 Å². The van der Waals surface area contributed by atoms with Crippen molar-refractivity contribution in [1.29, 1.82) is 0 Å². The standard InChI is InChI=1S/C16H26N4O4/c1-11(2)10-24-8-4-7-18-16(23)15-19-9-12(20-15)13(21)5-6-14(22)17-3/h9,11H,4-8,10H2,1-3H3,(H,17,22)(H,18,23)(H,19,20). The molecule has 0 spiro atoms. The number of nitrogens with one attached hydrogen (secondary N) is 3. The Morgan fingerprint density at radius 2 is 2.04 bits per heavy atom. The molecule has 0 aliphatic heterocycles. The van der Waals surface area contributed by atoms with Crippen LogP contribution in [0.25, 0.3) is 0 Å². The molecule has 3 N–H and O–H groups in total. The fraction of sp³-hybridized carbons (Fsp3) is 0.625. The lowest BCUT2D eigenvalue weighted by molar-refractivity contribution is -0.120. The fourth-order valence-electron chi connectivity index (χ4n) is 1.84. The van der Waals surface area contributed by atoms with Crippen molar-refractivity contribution < 1.29 is 19.1 Å². The average molecular weight is 338 g/mol. The molecule has 134 valence electrons. The van der Waals surface area contributed by atoms with Gasteiger partial charge >= 0.3 is 0 Å². The molecule has 8 heteroatoms. The van der Waals surface area contributed by atoms with Crippen LogP contribution in [0.2, 0.25) is 0 Å². The monoisotopic (exact) mass is 338 g/mol. The number of aromatic nitrogens is 2. The van der Waals surface area contributed by atoms with E-state index in [0.717, 1.165) is 0 Å². The maximum absolute atomic E-state index is 11.9. The van der Waals surface area contributed by atoms with Crippen molar-refractivity contribution in [2.45, 2.75) is 33.1 Å². The molecule has 0 bridgehead atoms. The Bertz CT molecular complexity index is 554. The number of ether oxygens (including phenoxy) is 1. The van der Waals surface area contributed by atoms with Crippen molar-refractivity contribution in [3.8, 4) is 0 Å². The summed E-state index contributed by atoms with van der Waals surface area (Å²) in [4.78, 5) is 41.5. The van der Waals surface area contributed by atoms with Crippen LogP contribution in [-0.4, -0.2) is 54.4 Å². The van der Waals surface area contributed by atoms with Gasteiger partial charge in [0.1, 0.15) is 5.69 Å². The Balaban J connectivity index is 2.32. The Kier molecular flexibility index (Phi) is 8.70. The number of carbonyl (C=O) groups is 3. The Morgan fingerprint density at radius 1 is 1.29 bits per heavy atom. The molecule has 0 saturated carbocycles. The number of carbonyl (C=O) groups excluding carboxylic acids is 3. The topological polar surface area (TPSA) is 113 Å². The molecule has 2 amide bonds. The third-order valence-electron chi connectivity index (χ3n) is 3.15. The van der Waals surface area contributed by atoms with E-state index in [1.165, 1.54) is 13.2 Å². The SMILES string of the molecule is CNC(=O)CCC(=O)c1cnc(C(=O)NCCCOCC(C)C)[nH]1. The first kappa shape index (κ1) is 19.8. The number of nitrogens with zero attached hydrogens (tertiary/aromatic N) is 1. The largest absolute Gasteiger partial charge is 0.381 e.